The molecule has 128 valence electrons. The Balaban J connectivity index is 2.36. The van der Waals surface area contributed by atoms with Gasteiger partial charge >= 0.3 is 5.97 Å². The molecule has 0 bridgehead atoms. The number of ether oxygens (including phenoxy) is 2. The fourth-order valence-electron chi connectivity index (χ4n) is 2.14. The zero-order chi connectivity index (χ0) is 18.2. The number of Topliss-reactive ketones (excluding diaryl/α,β-unsaturated/α-hetero) is 1. The van der Waals surface area contributed by atoms with Gasteiger partial charge in [0.15, 0.2) is 11.6 Å². The minimum atomic E-state index is -0.821. The fraction of sp³-hybridized carbons (Fsp3) is 0.150. The topological polar surface area (TPSA) is 69.7 Å². The zero-order valence-electron chi connectivity index (χ0n) is 14.0. The molecule has 0 spiro atoms. The Morgan fingerprint density at radius 2 is 1.56 bits per heavy atom. The summed E-state index contributed by atoms with van der Waals surface area (Å²) in [6, 6.07) is 14.7. The predicted molar refractivity (Wildman–Crippen MR) is 92.8 cm³/mol. The van der Waals surface area contributed by atoms with Gasteiger partial charge in [0.25, 0.3) is 0 Å². The summed E-state index contributed by atoms with van der Waals surface area (Å²) in [5.74, 6) is -1.24. The molecule has 2 aromatic rings. The molecule has 0 atom stereocenters. The average molecular weight is 338 g/mol. The first-order valence-electron chi connectivity index (χ1n) is 7.73. The van der Waals surface area contributed by atoms with Crippen molar-refractivity contribution in [2.45, 2.75) is 6.92 Å². The smallest absolute Gasteiger partial charge is 0.342 e. The van der Waals surface area contributed by atoms with Crippen LogP contribution in [0.15, 0.2) is 66.2 Å². The van der Waals surface area contributed by atoms with Gasteiger partial charge < -0.3 is 9.47 Å². The van der Waals surface area contributed by atoms with Crippen molar-refractivity contribution in [2.24, 2.45) is 0 Å². The monoisotopic (exact) mass is 338 g/mol. The van der Waals surface area contributed by atoms with E-state index in [1.165, 1.54) is 7.11 Å². The van der Waals surface area contributed by atoms with E-state index in [1.807, 2.05) is 0 Å². The molecule has 0 saturated heterocycles. The van der Waals surface area contributed by atoms with Crippen LogP contribution in [0, 0.1) is 0 Å². The molecule has 0 heterocycles. The van der Waals surface area contributed by atoms with Crippen LogP contribution in [-0.4, -0.2) is 31.3 Å². The molecule has 0 radical (unpaired) electrons. The number of hydrogen-bond acceptors (Lipinski definition) is 5. The molecule has 0 aliphatic heterocycles. The number of esters is 1. The van der Waals surface area contributed by atoms with Gasteiger partial charge in [-0.05, 0) is 31.2 Å². The van der Waals surface area contributed by atoms with Crippen molar-refractivity contribution in [3.8, 4) is 5.75 Å². The summed E-state index contributed by atoms with van der Waals surface area (Å²) in [6.07, 6.45) is 1.02. The molecular weight excluding hydrogens is 320 g/mol. The van der Waals surface area contributed by atoms with Gasteiger partial charge in [0.2, 0.25) is 0 Å². The SMILES string of the molecule is CCOC(=O)/C(=C/C(=O)c1ccc(OC)cc1)C(=O)c1ccccc1. The number of carbonyl (C=O) groups is 3. The van der Waals surface area contributed by atoms with Gasteiger partial charge in [-0.15, -0.1) is 0 Å². The number of benzene rings is 2. The van der Waals surface area contributed by atoms with Crippen LogP contribution >= 0.6 is 0 Å². The molecule has 0 aliphatic rings. The van der Waals surface area contributed by atoms with Crippen LogP contribution < -0.4 is 4.74 Å². The molecule has 5 nitrogen and oxygen atoms in total. The van der Waals surface area contributed by atoms with E-state index < -0.39 is 17.5 Å². The van der Waals surface area contributed by atoms with E-state index in [9.17, 15) is 14.4 Å². The molecule has 0 unspecified atom stereocenters. The van der Waals surface area contributed by atoms with E-state index in [4.69, 9.17) is 9.47 Å². The van der Waals surface area contributed by atoms with E-state index in [2.05, 4.69) is 0 Å². The summed E-state index contributed by atoms with van der Waals surface area (Å²) in [5, 5.41) is 0. The molecule has 0 saturated carbocycles. The Labute approximate surface area is 145 Å². The maximum Gasteiger partial charge on any atom is 0.342 e. The molecule has 0 aromatic heterocycles. The lowest BCUT2D eigenvalue weighted by Crippen LogP contribution is -2.18. The third-order valence-corrected chi connectivity index (χ3v) is 3.43. The highest BCUT2D eigenvalue weighted by atomic mass is 16.5. The zero-order valence-corrected chi connectivity index (χ0v) is 14.0. The van der Waals surface area contributed by atoms with Crippen LogP contribution in [0.2, 0.25) is 0 Å². The highest BCUT2D eigenvalue weighted by Gasteiger charge is 2.22. The minimum absolute atomic E-state index is 0.106. The molecule has 0 fully saturated rings. The molecule has 2 aromatic carbocycles. The van der Waals surface area contributed by atoms with Crippen molar-refractivity contribution in [1.29, 1.82) is 0 Å². The van der Waals surface area contributed by atoms with Gasteiger partial charge in [0.1, 0.15) is 11.3 Å². The number of allylic oxidation sites excluding steroid dienone is 1. The highest BCUT2D eigenvalue weighted by Crippen LogP contribution is 2.15. The van der Waals surface area contributed by atoms with Crippen LogP contribution in [0.4, 0.5) is 0 Å². The lowest BCUT2D eigenvalue weighted by molar-refractivity contribution is -0.138. The van der Waals surface area contributed by atoms with E-state index in [0.29, 0.717) is 16.9 Å². The maximum absolute atomic E-state index is 12.6. The molecule has 2 rings (SSSR count). The first-order chi connectivity index (χ1) is 12.1. The van der Waals surface area contributed by atoms with Gasteiger partial charge in [-0.1, -0.05) is 30.3 Å². The van der Waals surface area contributed by atoms with E-state index in [0.717, 1.165) is 6.08 Å². The lowest BCUT2D eigenvalue weighted by atomic mass is 10.0. The van der Waals surface area contributed by atoms with Crippen molar-refractivity contribution in [3.63, 3.8) is 0 Å². The Morgan fingerprint density at radius 1 is 0.920 bits per heavy atom. The Kier molecular flexibility index (Phi) is 6.23. The van der Waals surface area contributed by atoms with Crippen molar-refractivity contribution in [1.82, 2.24) is 0 Å². The summed E-state index contributed by atoms with van der Waals surface area (Å²) in [6.45, 7) is 1.74. The van der Waals surface area contributed by atoms with Crippen LogP contribution in [-0.2, 0) is 9.53 Å². The fourth-order valence-corrected chi connectivity index (χ4v) is 2.14. The number of hydrogen-bond donors (Lipinski definition) is 0. The van der Waals surface area contributed by atoms with E-state index in [1.54, 1.807) is 61.5 Å². The van der Waals surface area contributed by atoms with Crippen molar-refractivity contribution in [3.05, 3.63) is 77.4 Å². The second kappa shape index (κ2) is 8.59. The molecule has 5 heteroatoms. The van der Waals surface area contributed by atoms with E-state index >= 15 is 0 Å². The summed E-state index contributed by atoms with van der Waals surface area (Å²) in [7, 11) is 1.52. The first kappa shape index (κ1) is 18.1. The standard InChI is InChI=1S/C20H18O5/c1-3-25-20(23)17(19(22)15-7-5-4-6-8-15)13-18(21)14-9-11-16(24-2)12-10-14/h4-13H,3H2,1-2H3/b17-13+. The molecule has 25 heavy (non-hydrogen) atoms. The maximum atomic E-state index is 12.6. The van der Waals surface area contributed by atoms with Crippen LogP contribution in [0.5, 0.6) is 5.75 Å². The minimum Gasteiger partial charge on any atom is -0.497 e. The Hall–Kier alpha value is -3.21. The molecular formula is C20H18O5. The summed E-state index contributed by atoms with van der Waals surface area (Å²) < 4.78 is 9.96. The quantitative estimate of drug-likeness (QED) is 0.255. The lowest BCUT2D eigenvalue weighted by Gasteiger charge is -2.07. The third-order valence-electron chi connectivity index (χ3n) is 3.43. The largest absolute Gasteiger partial charge is 0.497 e. The third kappa shape index (κ3) is 4.64. The van der Waals surface area contributed by atoms with Crippen LogP contribution in [0.25, 0.3) is 0 Å². The summed E-state index contributed by atoms with van der Waals surface area (Å²) >= 11 is 0. The predicted octanol–water partition coefficient (Wildman–Crippen LogP) is 3.25. The van der Waals surface area contributed by atoms with E-state index in [-0.39, 0.29) is 12.2 Å². The highest BCUT2D eigenvalue weighted by molar-refractivity contribution is 6.27. The molecule has 0 amide bonds. The Bertz CT molecular complexity index is 789. The van der Waals surface area contributed by atoms with Gasteiger partial charge in [-0.3, -0.25) is 9.59 Å². The van der Waals surface area contributed by atoms with Crippen molar-refractivity contribution < 1.29 is 23.9 Å². The van der Waals surface area contributed by atoms with Crippen LogP contribution in [0.1, 0.15) is 27.6 Å². The molecule has 0 N–H and O–H groups in total. The van der Waals surface area contributed by atoms with Gasteiger partial charge in [-0.2, -0.15) is 0 Å². The second-order valence-corrected chi connectivity index (χ2v) is 5.07. The average Bonchev–Trinajstić information content (AvgIpc) is 2.66. The van der Waals surface area contributed by atoms with Crippen LogP contribution in [0.3, 0.4) is 0 Å². The summed E-state index contributed by atoms with van der Waals surface area (Å²) in [5.41, 5.74) is 0.349. The number of rotatable bonds is 7. The second-order valence-electron chi connectivity index (χ2n) is 5.07. The summed E-state index contributed by atoms with van der Waals surface area (Å²) in [4.78, 5) is 37.2. The van der Waals surface area contributed by atoms with Gasteiger partial charge in [0, 0.05) is 17.2 Å². The van der Waals surface area contributed by atoms with Gasteiger partial charge in [0.05, 0.1) is 13.7 Å². The normalized spacial score (nSPS) is 10.9. The number of carbonyl (C=O) groups excluding carboxylic acids is 3. The number of ketones is 2. The Morgan fingerprint density at radius 3 is 2.12 bits per heavy atom. The number of methoxy groups -OCH3 is 1. The molecule has 0 aliphatic carbocycles. The van der Waals surface area contributed by atoms with Gasteiger partial charge in [-0.25, -0.2) is 4.79 Å². The first-order valence-corrected chi connectivity index (χ1v) is 7.73. The van der Waals surface area contributed by atoms with Crippen molar-refractivity contribution >= 4 is 17.5 Å². The van der Waals surface area contributed by atoms with Crippen molar-refractivity contribution in [2.75, 3.05) is 13.7 Å².